The first kappa shape index (κ1) is 19.6. The van der Waals surface area contributed by atoms with E-state index < -0.39 is 12.0 Å². The second-order valence-corrected chi connectivity index (χ2v) is 9.49. The molecule has 0 heterocycles. The zero-order chi connectivity index (χ0) is 18.0. The maximum Gasteiger partial charge on any atom is 0.359 e. The Morgan fingerprint density at radius 2 is 1.28 bits per heavy atom. The van der Waals surface area contributed by atoms with Gasteiger partial charge in [-0.2, -0.15) is 8.78 Å². The molecule has 4 atom stereocenters. The van der Waals surface area contributed by atoms with Crippen LogP contribution in [0.3, 0.4) is 0 Å². The van der Waals surface area contributed by atoms with Crippen LogP contribution >= 0.6 is 0 Å². The number of rotatable bonds is 4. The van der Waals surface area contributed by atoms with E-state index in [9.17, 15) is 8.78 Å². The highest BCUT2D eigenvalue weighted by Crippen LogP contribution is 2.47. The topological polar surface area (TPSA) is 9.23 Å². The quantitative estimate of drug-likeness (QED) is 0.524. The average molecular weight is 357 g/mol. The van der Waals surface area contributed by atoms with Crippen LogP contribution in [-0.4, -0.2) is 12.2 Å². The molecule has 0 saturated heterocycles. The highest BCUT2D eigenvalue weighted by Gasteiger charge is 2.49. The van der Waals surface area contributed by atoms with E-state index in [1.807, 2.05) is 6.92 Å². The largest absolute Gasteiger partial charge is 0.359 e. The summed E-state index contributed by atoms with van der Waals surface area (Å²) in [6.45, 7) is 6.33. The number of halogens is 2. The second-order valence-electron chi connectivity index (χ2n) is 9.49. The summed E-state index contributed by atoms with van der Waals surface area (Å²) >= 11 is 0. The minimum absolute atomic E-state index is 0.0392. The lowest BCUT2D eigenvalue weighted by Gasteiger charge is -2.43. The molecule has 0 aliphatic heterocycles. The summed E-state index contributed by atoms with van der Waals surface area (Å²) in [5.74, 6) is 1.97. The minimum Gasteiger partial charge on any atom is -0.317 e. The molecule has 3 aliphatic carbocycles. The van der Waals surface area contributed by atoms with Gasteiger partial charge in [-0.15, -0.1) is 0 Å². The average Bonchev–Trinajstić information content (AvgIpc) is 2.60. The van der Waals surface area contributed by atoms with Crippen molar-refractivity contribution in [1.29, 1.82) is 0 Å². The van der Waals surface area contributed by atoms with Gasteiger partial charge in [0.05, 0.1) is 12.0 Å². The molecule has 1 nitrogen and oxygen atoms in total. The first-order chi connectivity index (χ1) is 11.9. The van der Waals surface area contributed by atoms with Crippen molar-refractivity contribution in [3.63, 3.8) is 0 Å². The van der Waals surface area contributed by atoms with E-state index in [-0.39, 0.29) is 12.0 Å². The van der Waals surface area contributed by atoms with Crippen molar-refractivity contribution in [2.75, 3.05) is 0 Å². The minimum atomic E-state index is -2.95. The van der Waals surface area contributed by atoms with Gasteiger partial charge in [0, 0.05) is 0 Å². The molecule has 4 unspecified atom stereocenters. The molecular weight excluding hydrogens is 318 g/mol. The molecule has 0 amide bonds. The fraction of sp³-hybridized carbons (Fsp3) is 1.00. The molecule has 0 aromatic rings. The first-order valence-corrected chi connectivity index (χ1v) is 10.9. The number of hydrogen-bond donors (Lipinski definition) is 0. The van der Waals surface area contributed by atoms with Gasteiger partial charge in [-0.3, -0.25) is 0 Å². The molecule has 0 spiro atoms. The van der Waals surface area contributed by atoms with Crippen LogP contribution in [-0.2, 0) is 4.74 Å². The maximum absolute atomic E-state index is 14.9. The van der Waals surface area contributed by atoms with Crippen molar-refractivity contribution in [2.45, 2.75) is 104 Å². The van der Waals surface area contributed by atoms with E-state index in [4.69, 9.17) is 4.74 Å². The first-order valence-electron chi connectivity index (χ1n) is 10.9. The summed E-state index contributed by atoms with van der Waals surface area (Å²) in [6, 6.07) is 0. The lowest BCUT2D eigenvalue weighted by molar-refractivity contribution is -0.312. The normalized spacial score (nSPS) is 41.6. The van der Waals surface area contributed by atoms with Gasteiger partial charge in [-0.25, -0.2) is 0 Å². The Bertz CT molecular complexity index is 410. The molecule has 3 heteroatoms. The van der Waals surface area contributed by atoms with Gasteiger partial charge < -0.3 is 4.74 Å². The van der Waals surface area contributed by atoms with E-state index in [0.717, 1.165) is 43.9 Å². The van der Waals surface area contributed by atoms with Gasteiger partial charge in [0.15, 0.2) is 0 Å². The van der Waals surface area contributed by atoms with Gasteiger partial charge >= 0.3 is 6.11 Å². The summed E-state index contributed by atoms with van der Waals surface area (Å²) in [5, 5.41) is 0. The summed E-state index contributed by atoms with van der Waals surface area (Å²) < 4.78 is 35.2. The van der Waals surface area contributed by atoms with E-state index in [2.05, 4.69) is 13.8 Å². The number of hydrogen-bond acceptors (Lipinski definition) is 1. The maximum atomic E-state index is 14.9. The Hall–Kier alpha value is -0.180. The second kappa shape index (κ2) is 8.23. The smallest absolute Gasteiger partial charge is 0.317 e. The molecule has 3 aliphatic rings. The highest BCUT2D eigenvalue weighted by molar-refractivity contribution is 4.87. The lowest BCUT2D eigenvalue weighted by Crippen LogP contribution is -2.45. The standard InChI is InChI=1S/C22H38F2O/c1-15-9-14-21(17(3)16(15)2)22(23,24)25-20-12-10-19(11-13-20)18-7-5-4-6-8-18/h15-21H,4-14H2,1-3H3. The molecule has 25 heavy (non-hydrogen) atoms. The zero-order valence-corrected chi connectivity index (χ0v) is 16.5. The molecule has 3 fully saturated rings. The summed E-state index contributed by atoms with van der Waals surface area (Å²) in [7, 11) is 0. The Morgan fingerprint density at radius 3 is 1.92 bits per heavy atom. The number of ether oxygens (including phenoxy) is 1. The molecule has 3 rings (SSSR count). The Balaban J connectivity index is 1.50. The molecule has 146 valence electrons. The van der Waals surface area contributed by atoms with Crippen molar-refractivity contribution in [3.05, 3.63) is 0 Å². The fourth-order valence-electron chi connectivity index (χ4n) is 5.92. The van der Waals surface area contributed by atoms with E-state index >= 15 is 0 Å². The van der Waals surface area contributed by atoms with Gasteiger partial charge in [-0.1, -0.05) is 52.9 Å². The fourth-order valence-corrected chi connectivity index (χ4v) is 5.92. The van der Waals surface area contributed by atoms with Crippen LogP contribution in [0, 0.1) is 35.5 Å². The molecular formula is C22H38F2O. The predicted octanol–water partition coefficient (Wildman–Crippen LogP) is 7.05. The molecule has 0 aromatic carbocycles. The van der Waals surface area contributed by atoms with E-state index in [1.54, 1.807) is 0 Å². The van der Waals surface area contributed by atoms with Crippen molar-refractivity contribution in [1.82, 2.24) is 0 Å². The van der Waals surface area contributed by atoms with Crippen molar-refractivity contribution in [3.8, 4) is 0 Å². The molecule has 3 saturated carbocycles. The van der Waals surface area contributed by atoms with E-state index in [0.29, 0.717) is 18.3 Å². The highest BCUT2D eigenvalue weighted by atomic mass is 19.3. The van der Waals surface area contributed by atoms with Crippen LogP contribution < -0.4 is 0 Å². The summed E-state index contributed by atoms with van der Waals surface area (Å²) in [4.78, 5) is 0. The summed E-state index contributed by atoms with van der Waals surface area (Å²) in [6.07, 6.45) is 9.06. The summed E-state index contributed by atoms with van der Waals surface area (Å²) in [5.41, 5.74) is 0. The van der Waals surface area contributed by atoms with Crippen LogP contribution in [0.5, 0.6) is 0 Å². The van der Waals surface area contributed by atoms with Gasteiger partial charge in [0.1, 0.15) is 0 Å². The zero-order valence-electron chi connectivity index (χ0n) is 16.5. The van der Waals surface area contributed by atoms with Crippen LogP contribution in [0.25, 0.3) is 0 Å². The predicted molar refractivity (Wildman–Crippen MR) is 98.6 cm³/mol. The van der Waals surface area contributed by atoms with Crippen LogP contribution in [0.15, 0.2) is 0 Å². The number of alkyl halides is 2. The molecule has 0 bridgehead atoms. The van der Waals surface area contributed by atoms with Crippen molar-refractivity contribution < 1.29 is 13.5 Å². The SMILES string of the molecule is CC1CCC(C(F)(F)OC2CCC(C3CCCCC3)CC2)C(C)C1C. The Morgan fingerprint density at radius 1 is 0.680 bits per heavy atom. The van der Waals surface area contributed by atoms with Crippen LogP contribution in [0.1, 0.15) is 91.4 Å². The lowest BCUT2D eigenvalue weighted by atomic mass is 9.68. The van der Waals surface area contributed by atoms with Gasteiger partial charge in [0.25, 0.3) is 0 Å². The monoisotopic (exact) mass is 356 g/mol. The Labute approximate surface area is 153 Å². The molecule has 0 aromatic heterocycles. The van der Waals surface area contributed by atoms with Gasteiger partial charge in [-0.05, 0) is 68.1 Å². The third kappa shape index (κ3) is 4.57. The molecule has 0 radical (unpaired) electrons. The van der Waals surface area contributed by atoms with Crippen LogP contribution in [0.2, 0.25) is 0 Å². The van der Waals surface area contributed by atoms with Crippen molar-refractivity contribution >= 4 is 0 Å². The Kier molecular flexibility index (Phi) is 6.45. The van der Waals surface area contributed by atoms with Crippen molar-refractivity contribution in [2.24, 2.45) is 35.5 Å². The van der Waals surface area contributed by atoms with Crippen LogP contribution in [0.4, 0.5) is 8.78 Å². The van der Waals surface area contributed by atoms with E-state index in [1.165, 1.54) is 32.1 Å². The third-order valence-electron chi connectivity index (χ3n) is 8.09. The third-order valence-corrected chi connectivity index (χ3v) is 8.09. The van der Waals surface area contributed by atoms with Gasteiger partial charge in [0.2, 0.25) is 0 Å². The molecule has 0 N–H and O–H groups in total.